The summed E-state index contributed by atoms with van der Waals surface area (Å²) in [5, 5.41) is 15.0. The molecule has 98 valence electrons. The lowest BCUT2D eigenvalue weighted by Gasteiger charge is -2.04. The van der Waals surface area contributed by atoms with Crippen molar-refractivity contribution in [2.75, 3.05) is 5.32 Å². The first-order valence-electron chi connectivity index (χ1n) is 5.31. The lowest BCUT2D eigenvalue weighted by atomic mass is 10.2. The summed E-state index contributed by atoms with van der Waals surface area (Å²) >= 11 is 0. The Hall–Kier alpha value is -2.70. The third kappa shape index (κ3) is 2.76. The van der Waals surface area contributed by atoms with Crippen molar-refractivity contribution in [1.29, 1.82) is 0 Å². The third-order valence-corrected chi connectivity index (χ3v) is 2.40. The second-order valence-corrected chi connectivity index (χ2v) is 3.83. The predicted octanol–water partition coefficient (Wildman–Crippen LogP) is 1.51. The molecule has 0 aliphatic heterocycles. The van der Waals surface area contributed by atoms with Crippen LogP contribution in [0.25, 0.3) is 0 Å². The standard InChI is InChI=1S/C12H10FN3O3/c1-16-5-4-10(15-16)11(17)14-7-2-3-8(12(18)19)9(13)6-7/h2-6H,1H3,(H,14,17)(H,18,19). The molecule has 19 heavy (non-hydrogen) atoms. The number of benzene rings is 1. The van der Waals surface area contributed by atoms with E-state index in [9.17, 15) is 14.0 Å². The lowest BCUT2D eigenvalue weighted by Crippen LogP contribution is -2.13. The first-order valence-corrected chi connectivity index (χ1v) is 5.31. The van der Waals surface area contributed by atoms with Crippen molar-refractivity contribution >= 4 is 17.6 Å². The number of hydrogen-bond donors (Lipinski definition) is 2. The van der Waals surface area contributed by atoms with Crippen LogP contribution in [0.15, 0.2) is 30.5 Å². The molecule has 0 unspecified atom stereocenters. The highest BCUT2D eigenvalue weighted by atomic mass is 19.1. The third-order valence-electron chi connectivity index (χ3n) is 2.40. The van der Waals surface area contributed by atoms with Gasteiger partial charge in [-0.2, -0.15) is 5.10 Å². The number of carboxylic acid groups (broad SMARTS) is 1. The van der Waals surface area contributed by atoms with E-state index in [1.165, 1.54) is 16.8 Å². The van der Waals surface area contributed by atoms with Crippen molar-refractivity contribution in [3.8, 4) is 0 Å². The zero-order chi connectivity index (χ0) is 14.0. The van der Waals surface area contributed by atoms with Gasteiger partial charge in [0.15, 0.2) is 5.69 Å². The molecule has 2 N–H and O–H groups in total. The summed E-state index contributed by atoms with van der Waals surface area (Å²) in [7, 11) is 1.66. The molecule has 1 heterocycles. The van der Waals surface area contributed by atoms with Gasteiger partial charge >= 0.3 is 5.97 Å². The normalized spacial score (nSPS) is 10.2. The highest BCUT2D eigenvalue weighted by Crippen LogP contribution is 2.15. The second-order valence-electron chi connectivity index (χ2n) is 3.83. The lowest BCUT2D eigenvalue weighted by molar-refractivity contribution is 0.0692. The quantitative estimate of drug-likeness (QED) is 0.879. The van der Waals surface area contributed by atoms with E-state index in [1.807, 2.05) is 0 Å². The fourth-order valence-corrected chi connectivity index (χ4v) is 1.50. The van der Waals surface area contributed by atoms with Gasteiger partial charge in [-0.15, -0.1) is 0 Å². The summed E-state index contributed by atoms with van der Waals surface area (Å²) in [6.07, 6.45) is 1.60. The maximum Gasteiger partial charge on any atom is 0.338 e. The summed E-state index contributed by atoms with van der Waals surface area (Å²) in [6.45, 7) is 0. The number of carbonyl (C=O) groups is 2. The van der Waals surface area contributed by atoms with E-state index in [4.69, 9.17) is 5.11 Å². The predicted molar refractivity (Wildman–Crippen MR) is 64.5 cm³/mol. The molecule has 0 bridgehead atoms. The van der Waals surface area contributed by atoms with E-state index in [1.54, 1.807) is 13.2 Å². The molecule has 0 aliphatic rings. The van der Waals surface area contributed by atoms with Gasteiger partial charge in [0.1, 0.15) is 5.82 Å². The minimum Gasteiger partial charge on any atom is -0.478 e. The Morgan fingerprint density at radius 3 is 2.63 bits per heavy atom. The monoisotopic (exact) mass is 263 g/mol. The number of carboxylic acids is 1. The Morgan fingerprint density at radius 2 is 2.11 bits per heavy atom. The van der Waals surface area contributed by atoms with Crippen molar-refractivity contribution in [2.24, 2.45) is 7.05 Å². The molecule has 6 nitrogen and oxygen atoms in total. The number of carbonyl (C=O) groups excluding carboxylic acids is 1. The maximum absolute atomic E-state index is 13.4. The van der Waals surface area contributed by atoms with Crippen molar-refractivity contribution in [3.05, 3.63) is 47.5 Å². The number of aromatic nitrogens is 2. The summed E-state index contributed by atoms with van der Waals surface area (Å²) in [6, 6.07) is 4.86. The van der Waals surface area contributed by atoms with E-state index in [0.717, 1.165) is 12.1 Å². The van der Waals surface area contributed by atoms with Crippen molar-refractivity contribution in [3.63, 3.8) is 0 Å². The van der Waals surface area contributed by atoms with Crippen LogP contribution in [-0.4, -0.2) is 26.8 Å². The molecule has 0 fully saturated rings. The van der Waals surface area contributed by atoms with Crippen LogP contribution in [0.1, 0.15) is 20.8 Å². The molecule has 0 spiro atoms. The second kappa shape index (κ2) is 4.89. The number of aromatic carboxylic acids is 1. The van der Waals surface area contributed by atoms with Gasteiger partial charge in [0, 0.05) is 18.9 Å². The Balaban J connectivity index is 2.18. The molecule has 0 aliphatic carbocycles. The van der Waals surface area contributed by atoms with Crippen molar-refractivity contribution < 1.29 is 19.1 Å². The molecule has 0 atom stereocenters. The topological polar surface area (TPSA) is 84.2 Å². The molecule has 0 saturated carbocycles. The average molecular weight is 263 g/mol. The number of nitrogens with zero attached hydrogens (tertiary/aromatic N) is 2. The van der Waals surface area contributed by atoms with Gasteiger partial charge in [-0.05, 0) is 24.3 Å². The fourth-order valence-electron chi connectivity index (χ4n) is 1.50. The number of nitrogens with one attached hydrogen (secondary N) is 1. The molecule has 1 aromatic heterocycles. The number of aryl methyl sites for hydroxylation is 1. The van der Waals surface area contributed by atoms with Crippen LogP contribution in [-0.2, 0) is 7.05 Å². The van der Waals surface area contributed by atoms with E-state index >= 15 is 0 Å². The highest BCUT2D eigenvalue weighted by molar-refractivity contribution is 6.03. The molecule has 2 aromatic rings. The van der Waals surface area contributed by atoms with Gasteiger partial charge in [-0.1, -0.05) is 0 Å². The van der Waals surface area contributed by atoms with Crippen LogP contribution in [0, 0.1) is 5.82 Å². The van der Waals surface area contributed by atoms with Gasteiger partial charge in [-0.25, -0.2) is 9.18 Å². The number of amides is 1. The molecular formula is C12H10FN3O3. The van der Waals surface area contributed by atoms with Crippen LogP contribution in [0.5, 0.6) is 0 Å². The van der Waals surface area contributed by atoms with E-state index in [-0.39, 0.29) is 11.4 Å². The minimum absolute atomic E-state index is 0.165. The van der Waals surface area contributed by atoms with Crippen LogP contribution in [0.3, 0.4) is 0 Å². The van der Waals surface area contributed by atoms with Crippen molar-refractivity contribution in [1.82, 2.24) is 9.78 Å². The zero-order valence-corrected chi connectivity index (χ0v) is 9.92. The average Bonchev–Trinajstić information content (AvgIpc) is 2.75. The molecule has 7 heteroatoms. The van der Waals surface area contributed by atoms with Gasteiger partial charge in [0.05, 0.1) is 5.56 Å². The Kier molecular flexibility index (Phi) is 3.28. The van der Waals surface area contributed by atoms with Gasteiger partial charge in [0.25, 0.3) is 5.91 Å². The van der Waals surface area contributed by atoms with E-state index < -0.39 is 23.3 Å². The number of hydrogen-bond acceptors (Lipinski definition) is 3. The Labute approximate surface area is 107 Å². The molecule has 0 saturated heterocycles. The van der Waals surface area contributed by atoms with Crippen LogP contribution >= 0.6 is 0 Å². The zero-order valence-electron chi connectivity index (χ0n) is 9.92. The molecule has 0 radical (unpaired) electrons. The number of rotatable bonds is 3. The smallest absolute Gasteiger partial charge is 0.338 e. The number of halogens is 1. The Bertz CT molecular complexity index is 651. The first kappa shape index (κ1) is 12.7. The number of anilines is 1. The van der Waals surface area contributed by atoms with Crippen molar-refractivity contribution in [2.45, 2.75) is 0 Å². The Morgan fingerprint density at radius 1 is 1.37 bits per heavy atom. The minimum atomic E-state index is -1.36. The molecule has 2 rings (SSSR count). The van der Waals surface area contributed by atoms with E-state index in [2.05, 4.69) is 10.4 Å². The molecular weight excluding hydrogens is 253 g/mol. The van der Waals surface area contributed by atoms with Gasteiger partial charge < -0.3 is 10.4 Å². The SMILES string of the molecule is Cn1ccc(C(=O)Nc2ccc(C(=O)O)c(F)c2)n1. The summed E-state index contributed by atoms with van der Waals surface area (Å²) < 4.78 is 14.9. The summed E-state index contributed by atoms with van der Waals surface area (Å²) in [4.78, 5) is 22.4. The van der Waals surface area contributed by atoms with Crippen LogP contribution in [0.2, 0.25) is 0 Å². The summed E-state index contributed by atoms with van der Waals surface area (Å²) in [5.41, 5.74) is -0.0980. The summed E-state index contributed by atoms with van der Waals surface area (Å²) in [5.74, 6) is -2.77. The molecule has 1 aromatic carbocycles. The fraction of sp³-hybridized carbons (Fsp3) is 0.0833. The maximum atomic E-state index is 13.4. The van der Waals surface area contributed by atoms with Gasteiger partial charge in [0.2, 0.25) is 0 Å². The largest absolute Gasteiger partial charge is 0.478 e. The first-order chi connectivity index (χ1) is 8.97. The van der Waals surface area contributed by atoms with Crippen LogP contribution in [0.4, 0.5) is 10.1 Å². The molecule has 1 amide bonds. The van der Waals surface area contributed by atoms with Gasteiger partial charge in [-0.3, -0.25) is 9.48 Å². The van der Waals surface area contributed by atoms with Crippen LogP contribution < -0.4 is 5.32 Å². The van der Waals surface area contributed by atoms with E-state index in [0.29, 0.717) is 0 Å². The highest BCUT2D eigenvalue weighted by Gasteiger charge is 2.13.